The first kappa shape index (κ1) is 15.4. The Kier molecular flexibility index (Phi) is 5.28. The second kappa shape index (κ2) is 7.18. The molecule has 0 saturated heterocycles. The standard InChI is InChI=1S/C17H19F2NO/c1-3-10-20-17(13-6-4-5-7-16(13)21-2)14-11-12(18)8-9-15(14)19/h4-9,11,17,20H,3,10H2,1-2H3. The number of nitrogens with one attached hydrogen (secondary N) is 1. The summed E-state index contributed by atoms with van der Waals surface area (Å²) in [6.07, 6.45) is 0.891. The molecule has 2 aromatic rings. The molecule has 0 aromatic heterocycles. The molecule has 0 aliphatic carbocycles. The number of rotatable bonds is 6. The average Bonchev–Trinajstić information content (AvgIpc) is 2.51. The van der Waals surface area contributed by atoms with E-state index in [0.717, 1.165) is 24.1 Å². The van der Waals surface area contributed by atoms with Crippen LogP contribution >= 0.6 is 0 Å². The Bertz CT molecular complexity index is 601. The Labute approximate surface area is 123 Å². The van der Waals surface area contributed by atoms with E-state index in [0.29, 0.717) is 12.3 Å². The van der Waals surface area contributed by atoms with Crippen LogP contribution in [0.2, 0.25) is 0 Å². The molecule has 2 rings (SSSR count). The molecular weight excluding hydrogens is 272 g/mol. The molecule has 0 heterocycles. The predicted octanol–water partition coefficient (Wildman–Crippen LogP) is 4.06. The summed E-state index contributed by atoms with van der Waals surface area (Å²) >= 11 is 0. The lowest BCUT2D eigenvalue weighted by atomic mass is 9.97. The number of hydrogen-bond acceptors (Lipinski definition) is 2. The van der Waals surface area contributed by atoms with E-state index in [4.69, 9.17) is 4.74 Å². The smallest absolute Gasteiger partial charge is 0.128 e. The first-order valence-electron chi connectivity index (χ1n) is 6.98. The molecule has 0 aliphatic heterocycles. The minimum Gasteiger partial charge on any atom is -0.496 e. The minimum atomic E-state index is -0.454. The predicted molar refractivity (Wildman–Crippen MR) is 79.5 cm³/mol. The lowest BCUT2D eigenvalue weighted by Crippen LogP contribution is -2.24. The van der Waals surface area contributed by atoms with Gasteiger partial charge in [0, 0.05) is 11.1 Å². The van der Waals surface area contributed by atoms with Crippen molar-refractivity contribution in [2.75, 3.05) is 13.7 Å². The lowest BCUT2D eigenvalue weighted by molar-refractivity contribution is 0.402. The van der Waals surface area contributed by atoms with Gasteiger partial charge in [0.1, 0.15) is 17.4 Å². The summed E-state index contributed by atoms with van der Waals surface area (Å²) in [6, 6.07) is 10.4. The monoisotopic (exact) mass is 291 g/mol. The zero-order chi connectivity index (χ0) is 15.2. The maximum atomic E-state index is 14.1. The van der Waals surface area contributed by atoms with Gasteiger partial charge in [0.2, 0.25) is 0 Å². The Morgan fingerprint density at radius 1 is 1.10 bits per heavy atom. The second-order valence-electron chi connectivity index (χ2n) is 4.79. The number of ether oxygens (including phenoxy) is 1. The van der Waals surface area contributed by atoms with Crippen molar-refractivity contribution < 1.29 is 13.5 Å². The molecule has 0 saturated carbocycles. The lowest BCUT2D eigenvalue weighted by Gasteiger charge is -2.22. The van der Waals surface area contributed by atoms with Gasteiger partial charge in [-0.05, 0) is 37.2 Å². The molecule has 2 nitrogen and oxygen atoms in total. The van der Waals surface area contributed by atoms with Crippen molar-refractivity contribution >= 4 is 0 Å². The summed E-state index contributed by atoms with van der Waals surface area (Å²) in [4.78, 5) is 0. The Hall–Kier alpha value is -1.94. The van der Waals surface area contributed by atoms with Crippen LogP contribution < -0.4 is 10.1 Å². The van der Waals surface area contributed by atoms with Crippen molar-refractivity contribution in [2.24, 2.45) is 0 Å². The van der Waals surface area contributed by atoms with Crippen molar-refractivity contribution in [1.82, 2.24) is 5.32 Å². The van der Waals surface area contributed by atoms with Gasteiger partial charge in [-0.1, -0.05) is 25.1 Å². The van der Waals surface area contributed by atoms with Crippen LogP contribution in [0, 0.1) is 11.6 Å². The van der Waals surface area contributed by atoms with Gasteiger partial charge in [-0.2, -0.15) is 0 Å². The molecule has 1 unspecified atom stereocenters. The zero-order valence-electron chi connectivity index (χ0n) is 12.2. The van der Waals surface area contributed by atoms with Crippen LogP contribution in [-0.4, -0.2) is 13.7 Å². The summed E-state index contributed by atoms with van der Waals surface area (Å²) < 4.78 is 33.0. The third-order valence-corrected chi connectivity index (χ3v) is 3.32. The molecule has 1 atom stereocenters. The summed E-state index contributed by atoms with van der Waals surface area (Å²) in [5.74, 6) is -0.240. The molecular formula is C17H19F2NO. The van der Waals surface area contributed by atoms with Crippen LogP contribution in [0.4, 0.5) is 8.78 Å². The van der Waals surface area contributed by atoms with E-state index in [1.54, 1.807) is 7.11 Å². The second-order valence-corrected chi connectivity index (χ2v) is 4.79. The molecule has 0 bridgehead atoms. The number of halogens is 2. The fraction of sp³-hybridized carbons (Fsp3) is 0.294. The number of para-hydroxylation sites is 1. The highest BCUT2D eigenvalue weighted by molar-refractivity contribution is 5.42. The van der Waals surface area contributed by atoms with Crippen molar-refractivity contribution in [3.05, 3.63) is 65.2 Å². The maximum absolute atomic E-state index is 14.1. The fourth-order valence-electron chi connectivity index (χ4n) is 2.32. The van der Waals surface area contributed by atoms with Gasteiger partial charge in [-0.15, -0.1) is 0 Å². The highest BCUT2D eigenvalue weighted by Gasteiger charge is 2.21. The van der Waals surface area contributed by atoms with Gasteiger partial charge in [-0.25, -0.2) is 8.78 Å². The summed E-state index contributed by atoms with van der Waals surface area (Å²) in [7, 11) is 1.57. The van der Waals surface area contributed by atoms with Crippen molar-refractivity contribution in [2.45, 2.75) is 19.4 Å². The highest BCUT2D eigenvalue weighted by Crippen LogP contribution is 2.31. The Balaban J connectivity index is 2.49. The van der Waals surface area contributed by atoms with Crippen LogP contribution in [0.5, 0.6) is 5.75 Å². The van der Waals surface area contributed by atoms with Crippen molar-refractivity contribution in [3.63, 3.8) is 0 Å². The molecule has 1 N–H and O–H groups in total. The third kappa shape index (κ3) is 3.58. The molecule has 0 spiro atoms. The van der Waals surface area contributed by atoms with E-state index in [1.807, 2.05) is 31.2 Å². The van der Waals surface area contributed by atoms with Crippen molar-refractivity contribution in [3.8, 4) is 5.75 Å². The van der Waals surface area contributed by atoms with E-state index in [2.05, 4.69) is 5.32 Å². The van der Waals surface area contributed by atoms with E-state index in [1.165, 1.54) is 6.07 Å². The quantitative estimate of drug-likeness (QED) is 0.866. The van der Waals surface area contributed by atoms with Crippen LogP contribution in [-0.2, 0) is 0 Å². The third-order valence-electron chi connectivity index (χ3n) is 3.32. The summed E-state index contributed by atoms with van der Waals surface area (Å²) in [5.41, 5.74) is 1.07. The van der Waals surface area contributed by atoms with Crippen LogP contribution in [0.25, 0.3) is 0 Å². The van der Waals surface area contributed by atoms with Gasteiger partial charge in [0.15, 0.2) is 0 Å². The SMILES string of the molecule is CCCNC(c1cc(F)ccc1F)c1ccccc1OC. The van der Waals surface area contributed by atoms with Crippen LogP contribution in [0.1, 0.15) is 30.5 Å². The van der Waals surface area contributed by atoms with Gasteiger partial charge < -0.3 is 10.1 Å². The van der Waals surface area contributed by atoms with Crippen LogP contribution in [0.3, 0.4) is 0 Å². The average molecular weight is 291 g/mol. The van der Waals surface area contributed by atoms with Crippen molar-refractivity contribution in [1.29, 1.82) is 0 Å². The summed E-state index contributed by atoms with van der Waals surface area (Å²) in [5, 5.41) is 3.26. The molecule has 0 amide bonds. The van der Waals surface area contributed by atoms with Gasteiger partial charge in [-0.3, -0.25) is 0 Å². The Morgan fingerprint density at radius 2 is 1.86 bits per heavy atom. The number of methoxy groups -OCH3 is 1. The minimum absolute atomic E-state index is 0.285. The fourth-order valence-corrected chi connectivity index (χ4v) is 2.32. The Morgan fingerprint density at radius 3 is 2.57 bits per heavy atom. The number of benzene rings is 2. The zero-order valence-corrected chi connectivity index (χ0v) is 12.2. The highest BCUT2D eigenvalue weighted by atomic mass is 19.1. The summed E-state index contributed by atoms with van der Waals surface area (Å²) in [6.45, 7) is 2.72. The molecule has 0 aliphatic rings. The van der Waals surface area contributed by atoms with E-state index < -0.39 is 17.7 Å². The molecule has 112 valence electrons. The molecule has 21 heavy (non-hydrogen) atoms. The van der Waals surface area contributed by atoms with Crippen LogP contribution in [0.15, 0.2) is 42.5 Å². The van der Waals surface area contributed by atoms with Gasteiger partial charge in [0.25, 0.3) is 0 Å². The molecule has 4 heteroatoms. The van der Waals surface area contributed by atoms with E-state index in [-0.39, 0.29) is 5.56 Å². The normalized spacial score (nSPS) is 12.2. The molecule has 2 aromatic carbocycles. The topological polar surface area (TPSA) is 21.3 Å². The van der Waals surface area contributed by atoms with Gasteiger partial charge in [0.05, 0.1) is 13.2 Å². The van der Waals surface area contributed by atoms with Gasteiger partial charge >= 0.3 is 0 Å². The molecule has 0 radical (unpaired) electrons. The van der Waals surface area contributed by atoms with E-state index in [9.17, 15) is 8.78 Å². The van der Waals surface area contributed by atoms with E-state index >= 15 is 0 Å². The largest absolute Gasteiger partial charge is 0.496 e. The molecule has 0 fully saturated rings. The first-order valence-corrected chi connectivity index (χ1v) is 6.98. The number of hydrogen-bond donors (Lipinski definition) is 1. The first-order chi connectivity index (χ1) is 10.2. The maximum Gasteiger partial charge on any atom is 0.128 e.